The summed E-state index contributed by atoms with van der Waals surface area (Å²) in [5.74, 6) is 8.20. The molecule has 0 bridgehead atoms. The van der Waals surface area contributed by atoms with Crippen LogP contribution in [0.1, 0.15) is 106 Å². The van der Waals surface area contributed by atoms with E-state index in [1.54, 1.807) is 24.3 Å². The second kappa shape index (κ2) is 18.9. The van der Waals surface area contributed by atoms with E-state index < -0.39 is 29.5 Å². The van der Waals surface area contributed by atoms with Crippen LogP contribution in [0.2, 0.25) is 0 Å². The van der Waals surface area contributed by atoms with Crippen molar-refractivity contribution in [1.82, 2.24) is 0 Å². The number of hydrogen-bond donors (Lipinski definition) is 4. The number of unbranched alkanes of at least 4 members (excludes halogenated alkanes) is 4. The Morgan fingerprint density at radius 3 is 1.72 bits per heavy atom. The molecule has 4 rings (SSSR count). The second-order valence-electron chi connectivity index (χ2n) is 11.1. The molecule has 3 aromatic rings. The molecular formula is C40H38O10. The van der Waals surface area contributed by atoms with Crippen LogP contribution in [0.4, 0.5) is 0 Å². The maximum Gasteiger partial charge on any atom is 0.335 e. The van der Waals surface area contributed by atoms with E-state index in [-0.39, 0.29) is 33.8 Å². The number of carbonyl (C=O) groups is 4. The number of carboxylic acids is 4. The molecule has 50 heavy (non-hydrogen) atoms. The lowest BCUT2D eigenvalue weighted by atomic mass is 9.95. The van der Waals surface area contributed by atoms with Gasteiger partial charge in [0.25, 0.3) is 0 Å². The molecule has 0 radical (unpaired) electrons. The maximum absolute atomic E-state index is 11.2. The van der Waals surface area contributed by atoms with Crippen LogP contribution in [-0.4, -0.2) is 49.9 Å². The highest BCUT2D eigenvalue weighted by Gasteiger charge is 2.28. The van der Waals surface area contributed by atoms with Gasteiger partial charge in [-0.3, -0.25) is 0 Å². The van der Waals surface area contributed by atoms with E-state index in [1.165, 1.54) is 24.3 Å². The number of aromatic carboxylic acids is 4. The van der Waals surface area contributed by atoms with E-state index in [0.29, 0.717) is 17.7 Å². The van der Waals surface area contributed by atoms with Crippen LogP contribution in [0.3, 0.4) is 0 Å². The zero-order valence-corrected chi connectivity index (χ0v) is 27.8. The molecule has 1 atom stereocenters. The number of benzene rings is 3. The number of carboxylic acid groups (broad SMARTS) is 4. The van der Waals surface area contributed by atoms with E-state index in [2.05, 4.69) is 37.5 Å². The van der Waals surface area contributed by atoms with Crippen molar-refractivity contribution in [2.24, 2.45) is 0 Å². The first-order valence-electron chi connectivity index (χ1n) is 16.0. The lowest BCUT2D eigenvalue weighted by Crippen LogP contribution is -2.32. The Labute approximate surface area is 290 Å². The van der Waals surface area contributed by atoms with Gasteiger partial charge in [0, 0.05) is 19.3 Å². The summed E-state index contributed by atoms with van der Waals surface area (Å²) in [6, 6.07) is 14.5. The van der Waals surface area contributed by atoms with Gasteiger partial charge in [-0.15, -0.1) is 0 Å². The summed E-state index contributed by atoms with van der Waals surface area (Å²) >= 11 is 0. The van der Waals surface area contributed by atoms with Gasteiger partial charge in [-0.25, -0.2) is 19.2 Å². The first-order valence-corrected chi connectivity index (χ1v) is 16.0. The highest BCUT2D eigenvalue weighted by molar-refractivity contribution is 5.95. The van der Waals surface area contributed by atoms with Crippen LogP contribution in [0.15, 0.2) is 85.0 Å². The van der Waals surface area contributed by atoms with E-state index in [1.807, 2.05) is 24.3 Å². The van der Waals surface area contributed by atoms with Crippen molar-refractivity contribution < 1.29 is 49.1 Å². The molecule has 0 saturated carbocycles. The number of allylic oxidation sites excluding steroid dienone is 2. The molecule has 3 aromatic carbocycles. The summed E-state index contributed by atoms with van der Waals surface area (Å²) < 4.78 is 11.7. The smallest absolute Gasteiger partial charge is 0.335 e. The Morgan fingerprint density at radius 1 is 0.700 bits per heavy atom. The molecule has 0 saturated heterocycles. The second-order valence-corrected chi connectivity index (χ2v) is 11.1. The van der Waals surface area contributed by atoms with Gasteiger partial charge < -0.3 is 29.9 Å². The largest absolute Gasteiger partial charge is 0.478 e. The van der Waals surface area contributed by atoms with Gasteiger partial charge in [-0.05, 0) is 67.4 Å². The number of hydrogen-bond acceptors (Lipinski definition) is 6. The minimum absolute atomic E-state index is 0.139. The molecule has 1 unspecified atom stereocenters. The average Bonchev–Trinajstić information content (AvgIpc) is 3.09. The Hall–Kier alpha value is -6.26. The molecule has 0 fully saturated rings. The number of para-hydroxylation sites is 1. The van der Waals surface area contributed by atoms with Crippen molar-refractivity contribution in [3.63, 3.8) is 0 Å². The fourth-order valence-electron chi connectivity index (χ4n) is 4.50. The van der Waals surface area contributed by atoms with Crippen molar-refractivity contribution in [2.45, 2.75) is 64.4 Å². The number of ether oxygens (including phenoxy) is 2. The third-order valence-corrected chi connectivity index (χ3v) is 7.08. The fourth-order valence-corrected chi connectivity index (χ4v) is 4.50. The Bertz CT molecular complexity index is 1830. The van der Waals surface area contributed by atoms with Crippen molar-refractivity contribution >= 4 is 23.9 Å². The molecule has 0 amide bonds. The highest BCUT2D eigenvalue weighted by Crippen LogP contribution is 2.29. The van der Waals surface area contributed by atoms with Crippen LogP contribution < -0.4 is 9.47 Å². The lowest BCUT2D eigenvalue weighted by molar-refractivity contribution is 0.0675. The Morgan fingerprint density at radius 2 is 1.22 bits per heavy atom. The molecule has 0 spiro atoms. The molecule has 10 nitrogen and oxygen atoms in total. The van der Waals surface area contributed by atoms with Crippen molar-refractivity contribution in [1.29, 1.82) is 0 Å². The standard InChI is InChI=1S/C20H20O5.C20H18O5/c1-2-3-4-6-9-20(10-7-5-8-11-20)25-17-13-15(18(21)22)12-16(14-17)19(23)24;1-2-3-4-5-8-14-9-6-7-10-18(14)25-17-12-15(19(21)22)11-16(13-17)20(23)24/h5,7-8,10,12-14H,2-4,11H2,1H3,(H,21,22)(H,23,24);6-7,9-13H,2-4H2,1H3,(H,21,22)(H,23,24). The first kappa shape index (κ1) is 38.2. The van der Waals surface area contributed by atoms with Gasteiger partial charge >= 0.3 is 23.9 Å². The Balaban J connectivity index is 0.000000270. The Kier molecular flexibility index (Phi) is 14.4. The van der Waals surface area contributed by atoms with Gasteiger partial charge in [0.2, 0.25) is 0 Å². The van der Waals surface area contributed by atoms with E-state index in [4.69, 9.17) is 19.7 Å². The predicted molar refractivity (Wildman–Crippen MR) is 187 cm³/mol. The molecule has 1 aliphatic rings. The van der Waals surface area contributed by atoms with Crippen molar-refractivity contribution in [2.75, 3.05) is 0 Å². The molecule has 0 aliphatic heterocycles. The van der Waals surface area contributed by atoms with Crippen molar-refractivity contribution in [3.8, 4) is 40.9 Å². The number of rotatable bonds is 12. The third-order valence-electron chi connectivity index (χ3n) is 7.08. The minimum atomic E-state index is -1.22. The van der Waals surface area contributed by atoms with Gasteiger partial charge in [0.1, 0.15) is 17.2 Å². The van der Waals surface area contributed by atoms with Gasteiger partial charge in [-0.2, -0.15) is 0 Å². The molecule has 258 valence electrons. The molecular weight excluding hydrogens is 640 g/mol. The minimum Gasteiger partial charge on any atom is -0.478 e. The van der Waals surface area contributed by atoms with E-state index in [9.17, 15) is 29.4 Å². The molecule has 0 heterocycles. The third kappa shape index (κ3) is 11.8. The molecule has 10 heteroatoms. The van der Waals surface area contributed by atoms with Gasteiger partial charge in [0.15, 0.2) is 5.60 Å². The quantitative estimate of drug-likeness (QED) is 0.108. The monoisotopic (exact) mass is 678 g/mol. The summed E-state index contributed by atoms with van der Waals surface area (Å²) in [4.78, 5) is 44.8. The van der Waals surface area contributed by atoms with E-state index >= 15 is 0 Å². The van der Waals surface area contributed by atoms with Gasteiger partial charge in [-0.1, -0.05) is 80.7 Å². The van der Waals surface area contributed by atoms with Gasteiger partial charge in [0.05, 0.1) is 27.8 Å². The zero-order chi connectivity index (χ0) is 36.5. The van der Waals surface area contributed by atoms with Crippen LogP contribution in [0.25, 0.3) is 0 Å². The summed E-state index contributed by atoms with van der Waals surface area (Å²) in [7, 11) is 0. The van der Waals surface area contributed by atoms with E-state index in [0.717, 1.165) is 50.7 Å². The molecule has 1 aliphatic carbocycles. The van der Waals surface area contributed by atoms with Crippen LogP contribution in [0, 0.1) is 23.7 Å². The molecule has 4 N–H and O–H groups in total. The maximum atomic E-state index is 11.2. The summed E-state index contributed by atoms with van der Waals surface area (Å²) in [5, 5.41) is 36.6. The summed E-state index contributed by atoms with van der Waals surface area (Å²) in [6.07, 6.45) is 13.5. The van der Waals surface area contributed by atoms with Crippen LogP contribution in [-0.2, 0) is 0 Å². The summed E-state index contributed by atoms with van der Waals surface area (Å²) in [6.45, 7) is 4.18. The average molecular weight is 679 g/mol. The topological polar surface area (TPSA) is 168 Å². The zero-order valence-electron chi connectivity index (χ0n) is 27.8. The van der Waals surface area contributed by atoms with Crippen LogP contribution >= 0.6 is 0 Å². The first-order chi connectivity index (χ1) is 24.0. The SMILES string of the molecule is CCCCC#CC1(Oc2cc(C(=O)O)cc(C(=O)O)c2)C=CC=CC1.CCCCC#Cc1ccccc1Oc1cc(C(=O)O)cc(C(=O)O)c1. The summed E-state index contributed by atoms with van der Waals surface area (Å²) in [5.41, 5.74) is -0.840. The highest BCUT2D eigenvalue weighted by atomic mass is 16.5. The predicted octanol–water partition coefficient (Wildman–Crippen LogP) is 8.33. The normalized spacial score (nSPS) is 14.0. The lowest BCUT2D eigenvalue weighted by Gasteiger charge is -2.27. The van der Waals surface area contributed by atoms with Crippen molar-refractivity contribution in [3.05, 3.63) is 113 Å². The van der Waals surface area contributed by atoms with Crippen LogP contribution in [0.5, 0.6) is 17.2 Å². The fraction of sp³-hybridized carbons (Fsp3) is 0.250. The molecule has 0 aromatic heterocycles.